The molecule has 0 amide bonds. The molecule has 0 saturated carbocycles. The molecule has 0 radical (unpaired) electrons. The normalized spacial score (nSPS) is 12.2. The van der Waals surface area contributed by atoms with Crippen molar-refractivity contribution in [3.63, 3.8) is 0 Å². The van der Waals surface area contributed by atoms with Crippen LogP contribution in [0.1, 0.15) is 24.1 Å². The second kappa shape index (κ2) is 6.63. The Bertz CT molecular complexity index is 631. The van der Waals surface area contributed by atoms with E-state index in [1.165, 1.54) is 25.3 Å². The maximum absolute atomic E-state index is 13.3. The van der Waals surface area contributed by atoms with Gasteiger partial charge in [0.05, 0.1) is 7.11 Å². The predicted molar refractivity (Wildman–Crippen MR) is 74.6 cm³/mol. The van der Waals surface area contributed by atoms with Crippen LogP contribution in [0.5, 0.6) is 5.75 Å². The zero-order chi connectivity index (χ0) is 15.4. The molecule has 0 aliphatic heterocycles. The van der Waals surface area contributed by atoms with Gasteiger partial charge in [0, 0.05) is 18.2 Å². The van der Waals surface area contributed by atoms with Gasteiger partial charge in [-0.05, 0) is 42.8 Å². The molecule has 0 aliphatic carbocycles. The number of nitrogens with one attached hydrogen (secondary N) is 1. The third-order valence-electron chi connectivity index (χ3n) is 3.25. The minimum absolute atomic E-state index is 0.205. The fourth-order valence-corrected chi connectivity index (χ4v) is 2.07. The highest BCUT2D eigenvalue weighted by Crippen LogP contribution is 2.26. The Kier molecular flexibility index (Phi) is 4.85. The summed E-state index contributed by atoms with van der Waals surface area (Å²) >= 11 is 0. The lowest BCUT2D eigenvalue weighted by Crippen LogP contribution is -2.19. The van der Waals surface area contributed by atoms with Crippen LogP contribution in [-0.2, 0) is 6.54 Å². The van der Waals surface area contributed by atoms with E-state index in [0.717, 1.165) is 12.1 Å². The molecule has 0 aliphatic rings. The Morgan fingerprint density at radius 3 is 2.48 bits per heavy atom. The Labute approximate surface area is 121 Å². The molecule has 5 heteroatoms. The monoisotopic (exact) mass is 295 g/mol. The molecule has 1 atom stereocenters. The maximum atomic E-state index is 13.3. The second-order valence-electron chi connectivity index (χ2n) is 4.74. The molecule has 112 valence electrons. The first-order valence-corrected chi connectivity index (χ1v) is 6.52. The molecular weight excluding hydrogens is 279 g/mol. The molecule has 21 heavy (non-hydrogen) atoms. The molecule has 0 bridgehead atoms. The third-order valence-corrected chi connectivity index (χ3v) is 3.25. The van der Waals surface area contributed by atoms with Crippen LogP contribution in [0.2, 0.25) is 0 Å². The average molecular weight is 295 g/mol. The number of hydrogen-bond donors (Lipinski definition) is 1. The Morgan fingerprint density at radius 1 is 1.05 bits per heavy atom. The minimum Gasteiger partial charge on any atom is -0.496 e. The van der Waals surface area contributed by atoms with Crippen molar-refractivity contribution in [3.8, 4) is 5.75 Å². The van der Waals surface area contributed by atoms with Crippen molar-refractivity contribution in [2.24, 2.45) is 0 Å². The van der Waals surface area contributed by atoms with Crippen LogP contribution in [0.15, 0.2) is 36.4 Å². The van der Waals surface area contributed by atoms with E-state index >= 15 is 0 Å². The van der Waals surface area contributed by atoms with Crippen molar-refractivity contribution in [3.05, 3.63) is 65.0 Å². The lowest BCUT2D eigenvalue weighted by Gasteiger charge is -2.17. The quantitative estimate of drug-likeness (QED) is 0.901. The van der Waals surface area contributed by atoms with Crippen LogP contribution in [0.25, 0.3) is 0 Å². The lowest BCUT2D eigenvalue weighted by atomic mass is 10.1. The Balaban J connectivity index is 2.09. The van der Waals surface area contributed by atoms with Crippen LogP contribution in [-0.4, -0.2) is 7.11 Å². The number of halogens is 3. The maximum Gasteiger partial charge on any atom is 0.159 e. The number of hydrogen-bond acceptors (Lipinski definition) is 2. The summed E-state index contributed by atoms with van der Waals surface area (Å²) in [5.41, 5.74) is 1.27. The van der Waals surface area contributed by atoms with Gasteiger partial charge in [0.25, 0.3) is 0 Å². The summed E-state index contributed by atoms with van der Waals surface area (Å²) in [6.07, 6.45) is 0. The van der Waals surface area contributed by atoms with E-state index in [1.54, 1.807) is 6.07 Å². The summed E-state index contributed by atoms with van der Waals surface area (Å²) in [5, 5.41) is 3.13. The molecule has 0 saturated heterocycles. The van der Waals surface area contributed by atoms with Gasteiger partial charge in [-0.2, -0.15) is 0 Å². The van der Waals surface area contributed by atoms with Crippen LogP contribution in [0, 0.1) is 17.5 Å². The number of benzene rings is 2. The van der Waals surface area contributed by atoms with Crippen molar-refractivity contribution in [2.75, 3.05) is 7.11 Å². The number of rotatable bonds is 5. The number of methoxy groups -OCH3 is 1. The van der Waals surface area contributed by atoms with Gasteiger partial charge in [0.2, 0.25) is 0 Å². The summed E-state index contributed by atoms with van der Waals surface area (Å²) in [6, 6.07) is 7.79. The van der Waals surface area contributed by atoms with Gasteiger partial charge in [-0.15, -0.1) is 0 Å². The highest BCUT2D eigenvalue weighted by molar-refractivity contribution is 5.36. The van der Waals surface area contributed by atoms with Crippen LogP contribution < -0.4 is 10.1 Å². The topological polar surface area (TPSA) is 21.3 Å². The summed E-state index contributed by atoms with van der Waals surface area (Å²) in [4.78, 5) is 0. The molecule has 0 aromatic heterocycles. The molecule has 2 nitrogen and oxygen atoms in total. The van der Waals surface area contributed by atoms with Crippen LogP contribution in [0.4, 0.5) is 13.2 Å². The number of ether oxygens (including phenoxy) is 1. The molecule has 2 aromatic rings. The Hall–Kier alpha value is -2.01. The summed E-state index contributed by atoms with van der Waals surface area (Å²) in [6.45, 7) is 2.18. The highest BCUT2D eigenvalue weighted by atomic mass is 19.2. The molecule has 2 rings (SSSR count). The summed E-state index contributed by atoms with van der Waals surface area (Å²) in [5.74, 6) is -1.54. The first kappa shape index (κ1) is 15.4. The smallest absolute Gasteiger partial charge is 0.159 e. The van der Waals surface area contributed by atoms with E-state index in [-0.39, 0.29) is 11.9 Å². The van der Waals surface area contributed by atoms with Gasteiger partial charge in [0.15, 0.2) is 11.6 Å². The van der Waals surface area contributed by atoms with Gasteiger partial charge >= 0.3 is 0 Å². The van der Waals surface area contributed by atoms with Gasteiger partial charge < -0.3 is 10.1 Å². The van der Waals surface area contributed by atoms with Crippen molar-refractivity contribution in [1.82, 2.24) is 5.32 Å². The van der Waals surface area contributed by atoms with Gasteiger partial charge in [-0.1, -0.05) is 6.07 Å². The van der Waals surface area contributed by atoms with Crippen LogP contribution >= 0.6 is 0 Å². The summed E-state index contributed by atoms with van der Waals surface area (Å²) < 4.78 is 44.5. The van der Waals surface area contributed by atoms with Gasteiger partial charge in [-0.25, -0.2) is 13.2 Å². The standard InChI is InChI=1S/C16H16F3NO/c1-10(13-8-12(17)4-6-16(13)21-2)20-9-11-3-5-14(18)15(19)7-11/h3-8,10,20H,9H2,1-2H3. The van der Waals surface area contributed by atoms with E-state index in [9.17, 15) is 13.2 Å². The highest BCUT2D eigenvalue weighted by Gasteiger charge is 2.12. The van der Waals surface area contributed by atoms with Crippen molar-refractivity contribution in [1.29, 1.82) is 0 Å². The molecule has 1 N–H and O–H groups in total. The van der Waals surface area contributed by atoms with Crippen LogP contribution in [0.3, 0.4) is 0 Å². The third kappa shape index (κ3) is 3.76. The van der Waals surface area contributed by atoms with Crippen molar-refractivity contribution >= 4 is 0 Å². The fraction of sp³-hybridized carbons (Fsp3) is 0.250. The zero-order valence-corrected chi connectivity index (χ0v) is 11.8. The van der Waals surface area contributed by atoms with Gasteiger partial charge in [0.1, 0.15) is 11.6 Å². The molecule has 1 unspecified atom stereocenters. The molecule has 0 fully saturated rings. The average Bonchev–Trinajstić information content (AvgIpc) is 2.48. The van der Waals surface area contributed by atoms with Crippen molar-refractivity contribution in [2.45, 2.75) is 19.5 Å². The zero-order valence-electron chi connectivity index (χ0n) is 11.8. The van der Waals surface area contributed by atoms with E-state index in [1.807, 2.05) is 6.92 Å². The van der Waals surface area contributed by atoms with E-state index < -0.39 is 11.6 Å². The lowest BCUT2D eigenvalue weighted by molar-refractivity contribution is 0.399. The molecular formula is C16H16F3NO. The van der Waals surface area contributed by atoms with E-state index in [2.05, 4.69) is 5.32 Å². The van der Waals surface area contributed by atoms with E-state index in [0.29, 0.717) is 23.4 Å². The minimum atomic E-state index is -0.884. The summed E-state index contributed by atoms with van der Waals surface area (Å²) in [7, 11) is 1.51. The second-order valence-corrected chi connectivity index (χ2v) is 4.74. The van der Waals surface area contributed by atoms with Crippen molar-refractivity contribution < 1.29 is 17.9 Å². The van der Waals surface area contributed by atoms with Gasteiger partial charge in [-0.3, -0.25) is 0 Å². The first-order valence-electron chi connectivity index (χ1n) is 6.52. The van der Waals surface area contributed by atoms with E-state index in [4.69, 9.17) is 4.74 Å². The fourth-order valence-electron chi connectivity index (χ4n) is 2.07. The first-order chi connectivity index (χ1) is 10.0. The SMILES string of the molecule is COc1ccc(F)cc1C(C)NCc1ccc(F)c(F)c1. The molecule has 0 heterocycles. The Morgan fingerprint density at radius 2 is 1.81 bits per heavy atom. The largest absolute Gasteiger partial charge is 0.496 e. The predicted octanol–water partition coefficient (Wildman–Crippen LogP) is 3.96. The molecule has 2 aromatic carbocycles. The molecule has 0 spiro atoms.